The molecular weight excluding hydrogens is 354 g/mol. The van der Waals surface area contributed by atoms with Gasteiger partial charge in [-0.05, 0) is 50.2 Å². The Morgan fingerprint density at radius 1 is 1.21 bits per heavy atom. The van der Waals surface area contributed by atoms with Crippen LogP contribution in [0.15, 0.2) is 30.6 Å². The van der Waals surface area contributed by atoms with Crippen molar-refractivity contribution in [2.24, 2.45) is 5.92 Å². The first-order valence-corrected chi connectivity index (χ1v) is 10.0. The molecule has 3 heterocycles. The molecule has 1 saturated heterocycles. The molecule has 0 radical (unpaired) electrons. The fourth-order valence-electron chi connectivity index (χ4n) is 3.94. The maximum atomic E-state index is 13.0. The number of piperidine rings is 1. The van der Waals surface area contributed by atoms with Crippen LogP contribution in [0, 0.1) is 19.8 Å². The van der Waals surface area contributed by atoms with Crippen molar-refractivity contribution in [1.82, 2.24) is 14.9 Å². The summed E-state index contributed by atoms with van der Waals surface area (Å²) in [4.78, 5) is 23.4. The van der Waals surface area contributed by atoms with Crippen LogP contribution < -0.4 is 4.74 Å². The van der Waals surface area contributed by atoms with Gasteiger partial charge in [-0.2, -0.15) is 0 Å². The number of fused-ring (bicyclic) bond motifs is 1. The molecule has 2 aliphatic heterocycles. The van der Waals surface area contributed by atoms with Crippen molar-refractivity contribution >= 4 is 5.91 Å². The molecule has 148 valence electrons. The molecule has 1 aromatic heterocycles. The van der Waals surface area contributed by atoms with Crippen LogP contribution in [0.25, 0.3) is 0 Å². The Labute approximate surface area is 165 Å². The lowest BCUT2D eigenvalue weighted by Gasteiger charge is -2.35. The molecule has 1 fully saturated rings. The molecule has 0 bridgehead atoms. The standard InChI is InChI=1S/C22H27N3O3/c1-15-16(2)23-14-24-21(15)28-13-17-7-10-25(11-8-17)22(26)20-19-6-4-3-5-18(19)9-12-27-20/h3-6,14,17,20H,7-13H2,1-2H3. The van der Waals surface area contributed by atoms with Crippen molar-refractivity contribution in [3.63, 3.8) is 0 Å². The molecule has 6 nitrogen and oxygen atoms in total. The molecule has 1 amide bonds. The topological polar surface area (TPSA) is 64.6 Å². The molecule has 4 rings (SSSR count). The Kier molecular flexibility index (Phi) is 5.57. The SMILES string of the molecule is Cc1ncnc(OCC2CCN(C(=O)C3OCCc4ccccc43)CC2)c1C. The van der Waals surface area contributed by atoms with E-state index in [0.717, 1.165) is 49.2 Å². The van der Waals surface area contributed by atoms with Gasteiger partial charge in [-0.15, -0.1) is 0 Å². The van der Waals surface area contributed by atoms with Gasteiger partial charge in [0.1, 0.15) is 6.33 Å². The highest BCUT2D eigenvalue weighted by Crippen LogP contribution is 2.30. The highest BCUT2D eigenvalue weighted by molar-refractivity contribution is 5.83. The Hall–Kier alpha value is -2.47. The van der Waals surface area contributed by atoms with Gasteiger partial charge in [0, 0.05) is 24.3 Å². The molecule has 2 aromatic rings. The van der Waals surface area contributed by atoms with Gasteiger partial charge in [0.2, 0.25) is 5.88 Å². The van der Waals surface area contributed by atoms with E-state index in [-0.39, 0.29) is 5.91 Å². The summed E-state index contributed by atoms with van der Waals surface area (Å²) < 4.78 is 11.8. The summed E-state index contributed by atoms with van der Waals surface area (Å²) in [5, 5.41) is 0. The normalized spacial score (nSPS) is 19.9. The summed E-state index contributed by atoms with van der Waals surface area (Å²) in [6, 6.07) is 8.12. The van der Waals surface area contributed by atoms with Gasteiger partial charge in [-0.25, -0.2) is 9.97 Å². The number of amides is 1. The van der Waals surface area contributed by atoms with E-state index in [2.05, 4.69) is 16.0 Å². The number of carbonyl (C=O) groups is 1. The fourth-order valence-corrected chi connectivity index (χ4v) is 3.94. The third kappa shape index (κ3) is 3.87. The number of ether oxygens (including phenoxy) is 2. The highest BCUT2D eigenvalue weighted by atomic mass is 16.5. The highest BCUT2D eigenvalue weighted by Gasteiger charge is 2.33. The monoisotopic (exact) mass is 381 g/mol. The predicted octanol–water partition coefficient (Wildman–Crippen LogP) is 3.02. The quantitative estimate of drug-likeness (QED) is 0.815. The zero-order chi connectivity index (χ0) is 19.5. The van der Waals surface area contributed by atoms with Crippen molar-refractivity contribution in [1.29, 1.82) is 0 Å². The minimum Gasteiger partial charge on any atom is -0.477 e. The van der Waals surface area contributed by atoms with Gasteiger partial charge < -0.3 is 14.4 Å². The number of aromatic nitrogens is 2. The summed E-state index contributed by atoms with van der Waals surface area (Å²) in [7, 11) is 0. The van der Waals surface area contributed by atoms with Gasteiger partial charge in [0.15, 0.2) is 6.10 Å². The number of likely N-dealkylation sites (tertiary alicyclic amines) is 1. The number of aryl methyl sites for hydroxylation is 1. The minimum atomic E-state index is -0.454. The number of nitrogens with zero attached hydrogens (tertiary/aromatic N) is 3. The van der Waals surface area contributed by atoms with E-state index < -0.39 is 6.10 Å². The summed E-state index contributed by atoms with van der Waals surface area (Å²) in [6.07, 6.45) is 3.83. The zero-order valence-corrected chi connectivity index (χ0v) is 16.6. The number of rotatable bonds is 4. The number of benzene rings is 1. The van der Waals surface area contributed by atoms with Crippen LogP contribution in [-0.2, 0) is 16.0 Å². The molecule has 28 heavy (non-hydrogen) atoms. The summed E-state index contributed by atoms with van der Waals surface area (Å²) in [6.45, 7) is 6.66. The van der Waals surface area contributed by atoms with Crippen molar-refractivity contribution in [3.8, 4) is 5.88 Å². The summed E-state index contributed by atoms with van der Waals surface area (Å²) >= 11 is 0. The van der Waals surface area contributed by atoms with E-state index in [1.807, 2.05) is 36.9 Å². The van der Waals surface area contributed by atoms with Gasteiger partial charge in [-0.3, -0.25) is 4.79 Å². The van der Waals surface area contributed by atoms with Crippen LogP contribution in [0.1, 0.15) is 41.3 Å². The maximum absolute atomic E-state index is 13.0. The van der Waals surface area contributed by atoms with Crippen molar-refractivity contribution in [2.45, 2.75) is 39.2 Å². The second kappa shape index (κ2) is 8.27. The first kappa shape index (κ1) is 18.9. The number of hydrogen-bond donors (Lipinski definition) is 0. The van der Waals surface area contributed by atoms with Crippen LogP contribution in [0.2, 0.25) is 0 Å². The van der Waals surface area contributed by atoms with E-state index in [1.165, 1.54) is 5.56 Å². The lowest BCUT2D eigenvalue weighted by Crippen LogP contribution is -2.43. The number of carbonyl (C=O) groups excluding carboxylic acids is 1. The van der Waals surface area contributed by atoms with E-state index in [1.54, 1.807) is 6.33 Å². The molecule has 1 unspecified atom stereocenters. The summed E-state index contributed by atoms with van der Waals surface area (Å²) in [5.41, 5.74) is 4.19. The van der Waals surface area contributed by atoms with Crippen molar-refractivity contribution < 1.29 is 14.3 Å². The average Bonchev–Trinajstić information content (AvgIpc) is 2.74. The third-order valence-corrected chi connectivity index (χ3v) is 5.89. The molecule has 1 aromatic carbocycles. The van der Waals surface area contributed by atoms with Crippen LogP contribution in [0.4, 0.5) is 0 Å². The fraction of sp³-hybridized carbons (Fsp3) is 0.500. The smallest absolute Gasteiger partial charge is 0.256 e. The Morgan fingerprint density at radius 2 is 2.00 bits per heavy atom. The van der Waals surface area contributed by atoms with Crippen LogP contribution in [0.5, 0.6) is 5.88 Å². The second-order valence-electron chi connectivity index (χ2n) is 7.67. The van der Waals surface area contributed by atoms with E-state index >= 15 is 0 Å². The van der Waals surface area contributed by atoms with Crippen LogP contribution in [-0.4, -0.2) is 47.1 Å². The first-order chi connectivity index (χ1) is 13.6. The predicted molar refractivity (Wildman–Crippen MR) is 105 cm³/mol. The Bertz CT molecular complexity index is 847. The molecule has 0 saturated carbocycles. The maximum Gasteiger partial charge on any atom is 0.256 e. The van der Waals surface area contributed by atoms with Crippen LogP contribution in [0.3, 0.4) is 0 Å². The number of hydrogen-bond acceptors (Lipinski definition) is 5. The van der Waals surface area contributed by atoms with Crippen LogP contribution >= 0.6 is 0 Å². The zero-order valence-electron chi connectivity index (χ0n) is 16.6. The first-order valence-electron chi connectivity index (χ1n) is 10.0. The van der Waals surface area contributed by atoms with Crippen molar-refractivity contribution in [2.75, 3.05) is 26.3 Å². The molecule has 0 N–H and O–H groups in total. The van der Waals surface area contributed by atoms with Crippen molar-refractivity contribution in [3.05, 3.63) is 53.0 Å². The van der Waals surface area contributed by atoms with Gasteiger partial charge in [0.25, 0.3) is 5.91 Å². The average molecular weight is 381 g/mol. The van der Waals surface area contributed by atoms with Gasteiger partial charge in [0.05, 0.1) is 13.2 Å². The molecule has 0 aliphatic carbocycles. The molecule has 1 atom stereocenters. The Morgan fingerprint density at radius 3 is 2.82 bits per heavy atom. The molecule has 2 aliphatic rings. The van der Waals surface area contributed by atoms with E-state index in [0.29, 0.717) is 25.0 Å². The largest absolute Gasteiger partial charge is 0.477 e. The molecular formula is C22H27N3O3. The van der Waals surface area contributed by atoms with E-state index in [4.69, 9.17) is 9.47 Å². The minimum absolute atomic E-state index is 0.0915. The Balaban J connectivity index is 1.32. The summed E-state index contributed by atoms with van der Waals surface area (Å²) in [5.74, 6) is 1.19. The van der Waals surface area contributed by atoms with Gasteiger partial charge in [-0.1, -0.05) is 24.3 Å². The molecule has 6 heteroatoms. The van der Waals surface area contributed by atoms with Gasteiger partial charge >= 0.3 is 0 Å². The lowest BCUT2D eigenvalue weighted by molar-refractivity contribution is -0.146. The van der Waals surface area contributed by atoms with E-state index in [9.17, 15) is 4.79 Å². The lowest BCUT2D eigenvalue weighted by atomic mass is 9.94. The molecule has 0 spiro atoms. The third-order valence-electron chi connectivity index (χ3n) is 5.89. The second-order valence-corrected chi connectivity index (χ2v) is 7.67.